The average molecular weight is 386 g/mol. The molecule has 0 saturated heterocycles. The summed E-state index contributed by atoms with van der Waals surface area (Å²) in [5, 5.41) is 2.91. The smallest absolute Gasteiger partial charge is 0.256 e. The first-order chi connectivity index (χ1) is 12.6. The van der Waals surface area contributed by atoms with Crippen molar-refractivity contribution in [1.29, 1.82) is 0 Å². The molecule has 0 fully saturated rings. The molecular weight excluding hydrogens is 374 g/mol. The molecule has 3 aromatic rings. The van der Waals surface area contributed by atoms with Crippen molar-refractivity contribution < 1.29 is 13.6 Å². The Hall–Kier alpha value is -2.51. The maximum Gasteiger partial charge on any atom is 0.256 e. The zero-order valence-electron chi connectivity index (χ0n) is 13.3. The third-order valence-electron chi connectivity index (χ3n) is 3.76. The third-order valence-corrected chi connectivity index (χ3v) is 5.72. The zero-order valence-corrected chi connectivity index (χ0v) is 14.9. The second-order valence-corrected chi connectivity index (χ2v) is 7.50. The number of carbonyl (C=O) groups is 1. The first-order valence-corrected chi connectivity index (χ1v) is 9.33. The molecule has 1 amide bonds. The molecule has 3 nitrogen and oxygen atoms in total. The monoisotopic (exact) mass is 386 g/mol. The summed E-state index contributed by atoms with van der Waals surface area (Å²) in [6.45, 7) is 0. The van der Waals surface area contributed by atoms with E-state index < -0.39 is 11.6 Å². The molecule has 0 unspecified atom stereocenters. The Morgan fingerprint density at radius 1 is 0.962 bits per heavy atom. The van der Waals surface area contributed by atoms with Crippen molar-refractivity contribution in [3.05, 3.63) is 77.9 Å². The molecule has 1 aliphatic heterocycles. The summed E-state index contributed by atoms with van der Waals surface area (Å²) in [4.78, 5) is 15.0. The molecule has 7 heteroatoms. The highest BCUT2D eigenvalue weighted by atomic mass is 32.2. The van der Waals surface area contributed by atoms with Crippen molar-refractivity contribution in [2.45, 2.75) is 14.7 Å². The van der Waals surface area contributed by atoms with Crippen LogP contribution in [-0.2, 0) is 0 Å². The van der Waals surface area contributed by atoms with Gasteiger partial charge in [0.05, 0.1) is 16.9 Å². The number of anilines is 2. The number of nitrogens with one attached hydrogen (secondary N) is 2. The van der Waals surface area contributed by atoms with E-state index in [9.17, 15) is 13.6 Å². The molecule has 0 aliphatic carbocycles. The highest BCUT2D eigenvalue weighted by molar-refractivity contribution is 8.00. The minimum absolute atomic E-state index is 0.161. The summed E-state index contributed by atoms with van der Waals surface area (Å²) >= 11 is 2.70. The number of fused-ring (bicyclic) bond motifs is 2. The van der Waals surface area contributed by atoms with E-state index in [1.807, 2.05) is 36.4 Å². The van der Waals surface area contributed by atoms with E-state index in [0.717, 1.165) is 20.8 Å². The molecule has 4 rings (SSSR count). The molecule has 2 N–H and O–H groups in total. The van der Waals surface area contributed by atoms with E-state index in [0.29, 0.717) is 11.3 Å². The van der Waals surface area contributed by atoms with Gasteiger partial charge in [-0.2, -0.15) is 0 Å². The number of hydrogen-bond acceptors (Lipinski definition) is 4. The number of amides is 1. The molecule has 0 aromatic heterocycles. The van der Waals surface area contributed by atoms with Gasteiger partial charge in [0.15, 0.2) is 0 Å². The molecule has 0 bridgehead atoms. The van der Waals surface area contributed by atoms with Gasteiger partial charge in [0.1, 0.15) is 11.6 Å². The van der Waals surface area contributed by atoms with Crippen LogP contribution in [-0.4, -0.2) is 5.91 Å². The third kappa shape index (κ3) is 3.40. The Bertz CT molecular complexity index is 1010. The summed E-state index contributed by atoms with van der Waals surface area (Å²) in [5.41, 5.74) is 1.52. The van der Waals surface area contributed by atoms with Gasteiger partial charge in [0.2, 0.25) is 0 Å². The van der Waals surface area contributed by atoms with Gasteiger partial charge in [-0.3, -0.25) is 4.79 Å². The topological polar surface area (TPSA) is 41.1 Å². The second-order valence-electron chi connectivity index (χ2n) is 5.54. The van der Waals surface area contributed by atoms with Gasteiger partial charge in [0.25, 0.3) is 5.91 Å². The maximum atomic E-state index is 13.7. The van der Waals surface area contributed by atoms with Crippen molar-refractivity contribution in [3.8, 4) is 0 Å². The summed E-state index contributed by atoms with van der Waals surface area (Å²) in [6.07, 6.45) is 0. The Kier molecular flexibility index (Phi) is 4.57. The molecule has 0 spiro atoms. The average Bonchev–Trinajstić information content (AvgIpc) is 2.76. The highest BCUT2D eigenvalue weighted by Gasteiger charge is 2.19. The molecule has 130 valence electrons. The number of benzene rings is 3. The van der Waals surface area contributed by atoms with E-state index in [-0.39, 0.29) is 11.6 Å². The van der Waals surface area contributed by atoms with E-state index in [4.69, 9.17) is 0 Å². The van der Waals surface area contributed by atoms with Crippen LogP contribution in [0.25, 0.3) is 0 Å². The SMILES string of the molecule is O=C1Nc2cc(SNc3ccc(F)cc3F)ccc2Sc2ccccc21. The van der Waals surface area contributed by atoms with Gasteiger partial charge in [-0.05, 0) is 54.4 Å². The first-order valence-electron chi connectivity index (χ1n) is 7.70. The Balaban J connectivity index is 1.56. The Labute approximate surface area is 157 Å². The number of hydrogen-bond donors (Lipinski definition) is 2. The maximum absolute atomic E-state index is 13.7. The molecule has 0 atom stereocenters. The zero-order chi connectivity index (χ0) is 18.1. The molecule has 1 heterocycles. The van der Waals surface area contributed by atoms with Gasteiger partial charge in [-0.15, -0.1) is 0 Å². The Morgan fingerprint density at radius 3 is 2.65 bits per heavy atom. The van der Waals surface area contributed by atoms with Crippen LogP contribution in [0.5, 0.6) is 0 Å². The van der Waals surface area contributed by atoms with Crippen LogP contribution in [0.1, 0.15) is 10.4 Å². The minimum atomic E-state index is -0.661. The van der Waals surface area contributed by atoms with Gasteiger partial charge in [0, 0.05) is 20.8 Å². The number of halogens is 2. The standard InChI is InChI=1S/C19H12F2N2OS2/c20-11-5-7-15(14(21)9-11)23-26-12-6-8-18-16(10-12)22-19(24)13-3-1-2-4-17(13)25-18/h1-10,23H,(H,22,24). The molecule has 3 aromatic carbocycles. The van der Waals surface area contributed by atoms with Gasteiger partial charge >= 0.3 is 0 Å². The first kappa shape index (κ1) is 16.9. The van der Waals surface area contributed by atoms with Crippen molar-refractivity contribution in [2.24, 2.45) is 0 Å². The summed E-state index contributed by atoms with van der Waals surface area (Å²) in [5.74, 6) is -1.44. The summed E-state index contributed by atoms with van der Waals surface area (Å²) in [7, 11) is 0. The van der Waals surface area contributed by atoms with Crippen LogP contribution in [0.2, 0.25) is 0 Å². The fraction of sp³-hybridized carbons (Fsp3) is 0. The lowest BCUT2D eigenvalue weighted by molar-refractivity contribution is 0.102. The predicted molar refractivity (Wildman–Crippen MR) is 101 cm³/mol. The molecular formula is C19H12F2N2OS2. The summed E-state index contributed by atoms with van der Waals surface area (Å²) < 4.78 is 29.5. The number of rotatable bonds is 3. The lowest BCUT2D eigenvalue weighted by Crippen LogP contribution is -2.11. The van der Waals surface area contributed by atoms with E-state index >= 15 is 0 Å². The highest BCUT2D eigenvalue weighted by Crippen LogP contribution is 2.40. The van der Waals surface area contributed by atoms with Gasteiger partial charge in [-0.1, -0.05) is 23.9 Å². The molecule has 1 aliphatic rings. The van der Waals surface area contributed by atoms with Crippen LogP contribution in [0.15, 0.2) is 75.4 Å². The normalized spacial score (nSPS) is 12.6. The van der Waals surface area contributed by atoms with Crippen LogP contribution in [0.4, 0.5) is 20.2 Å². The van der Waals surface area contributed by atoms with Crippen molar-refractivity contribution in [1.82, 2.24) is 0 Å². The van der Waals surface area contributed by atoms with Crippen LogP contribution in [0, 0.1) is 11.6 Å². The largest absolute Gasteiger partial charge is 0.323 e. The van der Waals surface area contributed by atoms with Crippen molar-refractivity contribution in [2.75, 3.05) is 10.0 Å². The quantitative estimate of drug-likeness (QED) is 0.558. The van der Waals surface area contributed by atoms with E-state index in [2.05, 4.69) is 10.0 Å². The molecule has 0 saturated carbocycles. The molecule has 26 heavy (non-hydrogen) atoms. The second kappa shape index (κ2) is 7.01. The van der Waals surface area contributed by atoms with Crippen LogP contribution < -0.4 is 10.0 Å². The number of carbonyl (C=O) groups excluding carboxylic acids is 1. The van der Waals surface area contributed by atoms with E-state index in [1.165, 1.54) is 35.8 Å². The lowest BCUT2D eigenvalue weighted by Gasteiger charge is -2.10. The Morgan fingerprint density at radius 2 is 1.81 bits per heavy atom. The van der Waals surface area contributed by atoms with Gasteiger partial charge in [-0.25, -0.2) is 8.78 Å². The lowest BCUT2D eigenvalue weighted by atomic mass is 10.2. The predicted octanol–water partition coefficient (Wildman–Crippen LogP) is 5.80. The van der Waals surface area contributed by atoms with Crippen LogP contribution in [0.3, 0.4) is 0 Å². The van der Waals surface area contributed by atoms with E-state index in [1.54, 1.807) is 6.07 Å². The fourth-order valence-corrected chi connectivity index (χ4v) is 4.21. The van der Waals surface area contributed by atoms with Crippen molar-refractivity contribution >= 4 is 41.0 Å². The summed E-state index contributed by atoms with van der Waals surface area (Å²) in [6, 6.07) is 16.4. The van der Waals surface area contributed by atoms with Crippen molar-refractivity contribution in [3.63, 3.8) is 0 Å². The van der Waals surface area contributed by atoms with Gasteiger partial charge < -0.3 is 10.0 Å². The molecule has 0 radical (unpaired) electrons. The minimum Gasteiger partial charge on any atom is -0.323 e. The van der Waals surface area contributed by atoms with Crippen LogP contribution >= 0.6 is 23.7 Å². The fourth-order valence-electron chi connectivity index (χ4n) is 2.50.